The largest absolute Gasteiger partial charge is 0.394 e. The molecule has 1 aliphatic carbocycles. The summed E-state index contributed by atoms with van der Waals surface area (Å²) in [4.78, 5) is 11.8. The van der Waals surface area contributed by atoms with E-state index in [4.69, 9.17) is 5.11 Å². The second kappa shape index (κ2) is 4.43. The Bertz CT molecular complexity index is 490. The maximum atomic E-state index is 12.5. The molecule has 2 saturated heterocycles. The third kappa shape index (κ3) is 1.90. The molecule has 3 fully saturated rings. The molecule has 0 aromatic heterocycles. The number of carbonyl (C=O) groups is 1. The van der Waals surface area contributed by atoms with E-state index in [1.807, 2.05) is 0 Å². The van der Waals surface area contributed by atoms with Crippen molar-refractivity contribution in [3.8, 4) is 0 Å². The fourth-order valence-electron chi connectivity index (χ4n) is 4.16. The van der Waals surface area contributed by atoms with E-state index < -0.39 is 33.0 Å². The van der Waals surface area contributed by atoms with Crippen LogP contribution in [0.3, 0.4) is 0 Å². The molecule has 1 unspecified atom stereocenters. The van der Waals surface area contributed by atoms with Crippen LogP contribution < -0.4 is 5.32 Å². The van der Waals surface area contributed by atoms with Crippen LogP contribution in [0.25, 0.3) is 0 Å². The highest BCUT2D eigenvalue weighted by atomic mass is 32.2. The molecule has 0 spiro atoms. The molecule has 3 rings (SSSR count). The van der Waals surface area contributed by atoms with Gasteiger partial charge in [-0.15, -0.1) is 0 Å². The number of rotatable bonds is 3. The average Bonchev–Trinajstić information content (AvgIpc) is 2.80. The van der Waals surface area contributed by atoms with Gasteiger partial charge in [0, 0.05) is 12.5 Å². The summed E-state index contributed by atoms with van der Waals surface area (Å²) >= 11 is 0. The fraction of sp³-hybridized carbons (Fsp3) is 0.917. The predicted octanol–water partition coefficient (Wildman–Crippen LogP) is -1.33. The Kier molecular flexibility index (Phi) is 3.11. The molecular formula is C12H19NO5S. The highest BCUT2D eigenvalue weighted by molar-refractivity contribution is 7.93. The van der Waals surface area contributed by atoms with Crippen molar-refractivity contribution in [3.63, 3.8) is 0 Å². The molecule has 1 amide bonds. The Morgan fingerprint density at radius 2 is 2.11 bits per heavy atom. The smallest absolute Gasteiger partial charge is 0.223 e. The van der Waals surface area contributed by atoms with Crippen molar-refractivity contribution in [3.05, 3.63) is 0 Å². The van der Waals surface area contributed by atoms with Crippen molar-refractivity contribution >= 4 is 15.7 Å². The van der Waals surface area contributed by atoms with Gasteiger partial charge in [-0.1, -0.05) is 0 Å². The van der Waals surface area contributed by atoms with E-state index >= 15 is 0 Å². The Morgan fingerprint density at radius 3 is 2.79 bits per heavy atom. The number of aliphatic hydroxyl groups excluding tert-OH is 2. The average molecular weight is 289 g/mol. The maximum Gasteiger partial charge on any atom is 0.223 e. The van der Waals surface area contributed by atoms with Gasteiger partial charge < -0.3 is 15.5 Å². The molecule has 2 bridgehead atoms. The summed E-state index contributed by atoms with van der Waals surface area (Å²) < 4.78 is 25.1. The van der Waals surface area contributed by atoms with E-state index in [0.29, 0.717) is 19.4 Å². The van der Waals surface area contributed by atoms with Crippen LogP contribution in [0.5, 0.6) is 0 Å². The molecular weight excluding hydrogens is 270 g/mol. The van der Waals surface area contributed by atoms with Gasteiger partial charge in [0.25, 0.3) is 0 Å². The molecule has 0 aromatic carbocycles. The number of amides is 1. The van der Waals surface area contributed by atoms with Crippen molar-refractivity contribution in [2.45, 2.75) is 35.9 Å². The Balaban J connectivity index is 1.86. The first-order valence-electron chi connectivity index (χ1n) is 6.74. The van der Waals surface area contributed by atoms with Crippen LogP contribution >= 0.6 is 0 Å². The van der Waals surface area contributed by atoms with Gasteiger partial charge in [-0.3, -0.25) is 4.79 Å². The zero-order valence-electron chi connectivity index (χ0n) is 10.5. The SMILES string of the molecule is O=C1NC[C@@H]2C[C@H]1[C@H]1C[C@H](C[C@H](O)CO)S(=O)(=O)C21. The lowest BCUT2D eigenvalue weighted by molar-refractivity contribution is -0.127. The zero-order chi connectivity index (χ0) is 13.8. The van der Waals surface area contributed by atoms with Crippen LogP contribution in [-0.4, -0.2) is 54.3 Å². The van der Waals surface area contributed by atoms with E-state index in [1.165, 1.54) is 0 Å². The number of hydrogen-bond donors (Lipinski definition) is 3. The summed E-state index contributed by atoms with van der Waals surface area (Å²) in [6, 6.07) is 0. The second-order valence-electron chi connectivity index (χ2n) is 5.99. The highest BCUT2D eigenvalue weighted by Crippen LogP contribution is 2.52. The Labute approximate surface area is 112 Å². The first-order chi connectivity index (χ1) is 8.95. The summed E-state index contributed by atoms with van der Waals surface area (Å²) in [5.41, 5.74) is 0. The number of aliphatic hydroxyl groups is 2. The Hall–Kier alpha value is -0.660. The van der Waals surface area contributed by atoms with Crippen molar-refractivity contribution in [1.82, 2.24) is 5.32 Å². The van der Waals surface area contributed by atoms with Crippen LogP contribution in [0.2, 0.25) is 0 Å². The van der Waals surface area contributed by atoms with Crippen molar-refractivity contribution in [2.75, 3.05) is 13.2 Å². The maximum absolute atomic E-state index is 12.5. The lowest BCUT2D eigenvalue weighted by Gasteiger charge is -2.24. The van der Waals surface area contributed by atoms with Crippen LogP contribution in [0.1, 0.15) is 19.3 Å². The molecule has 0 aromatic rings. The quantitative estimate of drug-likeness (QED) is 0.597. The van der Waals surface area contributed by atoms with E-state index in [1.54, 1.807) is 0 Å². The van der Waals surface area contributed by atoms with Gasteiger partial charge >= 0.3 is 0 Å². The molecule has 2 heterocycles. The second-order valence-corrected chi connectivity index (χ2v) is 8.38. The van der Waals surface area contributed by atoms with E-state index in [9.17, 15) is 18.3 Å². The van der Waals surface area contributed by atoms with E-state index in [-0.39, 0.29) is 30.1 Å². The van der Waals surface area contributed by atoms with Gasteiger partial charge in [0.15, 0.2) is 9.84 Å². The van der Waals surface area contributed by atoms with E-state index in [0.717, 1.165) is 0 Å². The number of piperidine rings is 1. The summed E-state index contributed by atoms with van der Waals surface area (Å²) in [5, 5.41) is 20.1. The van der Waals surface area contributed by atoms with Crippen LogP contribution in [0.4, 0.5) is 0 Å². The van der Waals surface area contributed by atoms with Crippen LogP contribution in [-0.2, 0) is 14.6 Å². The van der Waals surface area contributed by atoms with Crippen molar-refractivity contribution in [1.29, 1.82) is 0 Å². The minimum atomic E-state index is -3.31. The standard InChI is InChI=1S/C12H19NO5S/c14-5-7(15)2-8-3-9-10-1-6(4-13-12(10)16)11(9)19(8,17)18/h6-11,14-15H,1-5H2,(H,13,16)/t6-,7-,8-,9+,10-,11?/m0/s1. The van der Waals surface area contributed by atoms with Crippen molar-refractivity contribution in [2.24, 2.45) is 17.8 Å². The summed E-state index contributed by atoms with van der Waals surface area (Å²) in [6.07, 6.45) is 0.202. The number of fused-ring (bicyclic) bond motifs is 5. The molecule has 108 valence electrons. The third-order valence-electron chi connectivity index (χ3n) is 4.96. The molecule has 2 aliphatic heterocycles. The number of nitrogens with one attached hydrogen (secondary N) is 1. The molecule has 6 atom stereocenters. The third-order valence-corrected chi connectivity index (χ3v) is 7.77. The normalized spacial score (nSPS) is 44.7. The predicted molar refractivity (Wildman–Crippen MR) is 66.9 cm³/mol. The van der Waals surface area contributed by atoms with Gasteiger partial charge in [0.05, 0.1) is 23.2 Å². The molecule has 6 nitrogen and oxygen atoms in total. The first kappa shape index (κ1) is 13.3. The first-order valence-corrected chi connectivity index (χ1v) is 8.35. The summed E-state index contributed by atoms with van der Waals surface area (Å²) in [6.45, 7) is 0.0275. The zero-order valence-corrected chi connectivity index (χ0v) is 11.3. The van der Waals surface area contributed by atoms with E-state index in [2.05, 4.69) is 5.32 Å². The topological polar surface area (TPSA) is 104 Å². The number of sulfone groups is 1. The molecule has 3 N–H and O–H groups in total. The minimum Gasteiger partial charge on any atom is -0.394 e. The summed E-state index contributed by atoms with van der Waals surface area (Å²) in [7, 11) is -3.31. The molecule has 7 heteroatoms. The monoisotopic (exact) mass is 289 g/mol. The fourth-order valence-corrected chi connectivity index (χ4v) is 7.11. The number of hydrogen-bond acceptors (Lipinski definition) is 5. The molecule has 1 saturated carbocycles. The summed E-state index contributed by atoms with van der Waals surface area (Å²) in [5.74, 6) is -0.292. The van der Waals surface area contributed by atoms with Gasteiger partial charge in [0.2, 0.25) is 5.91 Å². The highest BCUT2D eigenvalue weighted by Gasteiger charge is 2.60. The van der Waals surface area contributed by atoms with Crippen LogP contribution in [0.15, 0.2) is 0 Å². The Morgan fingerprint density at radius 1 is 1.37 bits per heavy atom. The van der Waals surface area contributed by atoms with Gasteiger partial charge in [-0.05, 0) is 31.1 Å². The lowest BCUT2D eigenvalue weighted by atomic mass is 9.90. The van der Waals surface area contributed by atoms with Crippen molar-refractivity contribution < 1.29 is 23.4 Å². The lowest BCUT2D eigenvalue weighted by Crippen LogP contribution is -2.40. The molecule has 19 heavy (non-hydrogen) atoms. The molecule has 0 radical (unpaired) electrons. The van der Waals surface area contributed by atoms with Gasteiger partial charge in [-0.2, -0.15) is 0 Å². The van der Waals surface area contributed by atoms with Gasteiger partial charge in [0.1, 0.15) is 0 Å². The van der Waals surface area contributed by atoms with Gasteiger partial charge in [-0.25, -0.2) is 8.42 Å². The molecule has 3 aliphatic rings. The minimum absolute atomic E-state index is 0.0222. The van der Waals surface area contributed by atoms with Crippen LogP contribution in [0, 0.1) is 17.8 Å². The number of carbonyl (C=O) groups excluding carboxylic acids is 1.